The number of aromatic nitrogens is 1. The summed E-state index contributed by atoms with van der Waals surface area (Å²) < 4.78 is 5.40. The molecule has 8 heteroatoms. The predicted octanol–water partition coefficient (Wildman–Crippen LogP) is 3.42. The maximum Gasteiger partial charge on any atom is 0.322 e. The van der Waals surface area contributed by atoms with Gasteiger partial charge in [-0.1, -0.05) is 17.7 Å². The number of amides is 3. The standard InChI is InChI=1S/C18H19ClN4O3/c19-11-2-1-3-13(8-11)21-18(25)23(14-6-7-14)9-16-22-15(10-26-16)17(24)20-12-4-5-12/h1-3,8,10,12,14H,4-7,9H2,(H,20,24)(H,21,25). The summed E-state index contributed by atoms with van der Waals surface area (Å²) in [6, 6.07) is 7.17. The molecule has 7 nitrogen and oxygen atoms in total. The Morgan fingerprint density at radius 2 is 2.08 bits per heavy atom. The number of nitrogens with zero attached hydrogens (tertiary/aromatic N) is 2. The summed E-state index contributed by atoms with van der Waals surface area (Å²) >= 11 is 5.96. The van der Waals surface area contributed by atoms with Crippen LogP contribution in [0.2, 0.25) is 5.02 Å². The maximum absolute atomic E-state index is 12.6. The molecule has 0 unspecified atom stereocenters. The Balaban J connectivity index is 1.41. The first kappa shape index (κ1) is 16.9. The van der Waals surface area contributed by atoms with Gasteiger partial charge < -0.3 is 20.0 Å². The molecule has 2 N–H and O–H groups in total. The third-order valence-corrected chi connectivity index (χ3v) is 4.56. The Bertz CT molecular complexity index is 829. The van der Waals surface area contributed by atoms with E-state index in [1.807, 2.05) is 0 Å². The molecule has 0 bridgehead atoms. The smallest absolute Gasteiger partial charge is 0.322 e. The van der Waals surface area contributed by atoms with E-state index in [0.717, 1.165) is 25.7 Å². The van der Waals surface area contributed by atoms with E-state index in [1.165, 1.54) is 6.26 Å². The molecule has 0 atom stereocenters. The van der Waals surface area contributed by atoms with E-state index in [0.29, 0.717) is 16.6 Å². The Hall–Kier alpha value is -2.54. The Morgan fingerprint density at radius 1 is 1.27 bits per heavy atom. The minimum Gasteiger partial charge on any atom is -0.446 e. The number of nitrogens with one attached hydrogen (secondary N) is 2. The molecular weight excluding hydrogens is 356 g/mol. The third-order valence-electron chi connectivity index (χ3n) is 4.33. The molecule has 4 rings (SSSR count). The lowest BCUT2D eigenvalue weighted by Crippen LogP contribution is -2.36. The minimum absolute atomic E-state index is 0.157. The molecule has 0 spiro atoms. The largest absolute Gasteiger partial charge is 0.446 e. The number of anilines is 1. The van der Waals surface area contributed by atoms with Crippen LogP contribution in [0.4, 0.5) is 10.5 Å². The first-order valence-electron chi connectivity index (χ1n) is 8.67. The second-order valence-corrected chi connectivity index (χ2v) is 7.11. The van der Waals surface area contributed by atoms with Gasteiger partial charge in [0.1, 0.15) is 6.26 Å². The number of hydrogen-bond acceptors (Lipinski definition) is 4. The summed E-state index contributed by atoms with van der Waals surface area (Å²) in [7, 11) is 0. The molecule has 2 aliphatic rings. The van der Waals surface area contributed by atoms with Crippen LogP contribution in [0.1, 0.15) is 42.1 Å². The summed E-state index contributed by atoms with van der Waals surface area (Å²) in [5.41, 5.74) is 0.878. The molecule has 2 saturated carbocycles. The molecular formula is C18H19ClN4O3. The molecule has 2 aromatic rings. The van der Waals surface area contributed by atoms with E-state index in [9.17, 15) is 9.59 Å². The van der Waals surface area contributed by atoms with Crippen LogP contribution in [0, 0.1) is 0 Å². The van der Waals surface area contributed by atoms with E-state index < -0.39 is 0 Å². The van der Waals surface area contributed by atoms with Gasteiger partial charge in [0.15, 0.2) is 5.69 Å². The third kappa shape index (κ3) is 4.16. The van der Waals surface area contributed by atoms with Gasteiger partial charge in [0.2, 0.25) is 5.89 Å². The van der Waals surface area contributed by atoms with Crippen molar-refractivity contribution in [2.45, 2.75) is 44.3 Å². The lowest BCUT2D eigenvalue weighted by molar-refractivity contribution is 0.0946. The first-order chi connectivity index (χ1) is 12.6. The monoisotopic (exact) mass is 374 g/mol. The summed E-state index contributed by atoms with van der Waals surface area (Å²) in [4.78, 5) is 30.5. The van der Waals surface area contributed by atoms with Gasteiger partial charge in [0.05, 0.1) is 6.54 Å². The number of halogens is 1. The van der Waals surface area contributed by atoms with E-state index >= 15 is 0 Å². The number of benzene rings is 1. The van der Waals surface area contributed by atoms with Crippen LogP contribution in [-0.2, 0) is 6.54 Å². The summed E-state index contributed by atoms with van der Waals surface area (Å²) in [6.45, 7) is 0.216. The lowest BCUT2D eigenvalue weighted by atomic mass is 10.3. The maximum atomic E-state index is 12.6. The number of oxazole rings is 1. The van der Waals surface area contributed by atoms with E-state index in [2.05, 4.69) is 15.6 Å². The first-order valence-corrected chi connectivity index (χ1v) is 9.05. The van der Waals surface area contributed by atoms with Gasteiger partial charge in [-0.3, -0.25) is 4.79 Å². The molecule has 0 aliphatic heterocycles. The molecule has 0 radical (unpaired) electrons. The van der Waals surface area contributed by atoms with Crippen LogP contribution in [0.25, 0.3) is 0 Å². The van der Waals surface area contributed by atoms with Gasteiger partial charge in [0, 0.05) is 22.8 Å². The molecule has 3 amide bonds. The molecule has 1 aromatic carbocycles. The van der Waals surface area contributed by atoms with Crippen LogP contribution in [-0.4, -0.2) is 33.9 Å². The fraction of sp³-hybridized carbons (Fsp3) is 0.389. The highest BCUT2D eigenvalue weighted by Gasteiger charge is 2.34. The Kier molecular flexibility index (Phi) is 4.55. The van der Waals surface area contributed by atoms with Gasteiger partial charge >= 0.3 is 6.03 Å². The van der Waals surface area contributed by atoms with Crippen molar-refractivity contribution in [1.82, 2.24) is 15.2 Å². The van der Waals surface area contributed by atoms with Gasteiger partial charge in [-0.15, -0.1) is 0 Å². The van der Waals surface area contributed by atoms with Crippen molar-refractivity contribution in [2.75, 3.05) is 5.32 Å². The van der Waals surface area contributed by atoms with Crippen LogP contribution in [0.3, 0.4) is 0 Å². The molecule has 2 fully saturated rings. The topological polar surface area (TPSA) is 87.5 Å². The zero-order valence-corrected chi connectivity index (χ0v) is 14.8. The van der Waals surface area contributed by atoms with Crippen molar-refractivity contribution in [3.63, 3.8) is 0 Å². The molecule has 26 heavy (non-hydrogen) atoms. The number of urea groups is 1. The minimum atomic E-state index is -0.239. The van der Waals surface area contributed by atoms with Crippen LogP contribution < -0.4 is 10.6 Å². The second kappa shape index (κ2) is 6.99. The number of carbonyl (C=O) groups is 2. The highest BCUT2D eigenvalue weighted by atomic mass is 35.5. The lowest BCUT2D eigenvalue weighted by Gasteiger charge is -2.21. The predicted molar refractivity (Wildman–Crippen MR) is 96.0 cm³/mol. The molecule has 2 aliphatic carbocycles. The number of hydrogen-bond donors (Lipinski definition) is 2. The SMILES string of the molecule is O=C(NC1CC1)c1coc(CN(C(=O)Nc2cccc(Cl)c2)C2CC2)n1. The highest BCUT2D eigenvalue weighted by molar-refractivity contribution is 6.30. The van der Waals surface area contributed by atoms with Crippen molar-refractivity contribution in [3.8, 4) is 0 Å². The fourth-order valence-electron chi connectivity index (χ4n) is 2.63. The quantitative estimate of drug-likeness (QED) is 0.811. The zero-order chi connectivity index (χ0) is 18.1. The molecule has 136 valence electrons. The Labute approximate surface area is 155 Å². The van der Waals surface area contributed by atoms with Gasteiger partial charge in [-0.05, 0) is 43.9 Å². The van der Waals surface area contributed by atoms with Crippen molar-refractivity contribution < 1.29 is 14.0 Å². The summed E-state index contributed by atoms with van der Waals surface area (Å²) in [6.07, 6.45) is 5.25. The van der Waals surface area contributed by atoms with E-state index in [1.54, 1.807) is 29.2 Å². The number of rotatable bonds is 6. The fourth-order valence-corrected chi connectivity index (χ4v) is 2.83. The van der Waals surface area contributed by atoms with Crippen LogP contribution >= 0.6 is 11.6 Å². The van der Waals surface area contributed by atoms with Crippen molar-refractivity contribution in [3.05, 3.63) is 47.1 Å². The summed E-state index contributed by atoms with van der Waals surface area (Å²) in [5, 5.41) is 6.26. The van der Waals surface area contributed by atoms with Crippen LogP contribution in [0.5, 0.6) is 0 Å². The Morgan fingerprint density at radius 3 is 2.77 bits per heavy atom. The normalized spacial score (nSPS) is 16.2. The average molecular weight is 375 g/mol. The highest BCUT2D eigenvalue weighted by Crippen LogP contribution is 2.29. The van der Waals surface area contributed by atoms with Gasteiger partial charge in [-0.2, -0.15) is 0 Å². The van der Waals surface area contributed by atoms with Crippen molar-refractivity contribution in [1.29, 1.82) is 0 Å². The van der Waals surface area contributed by atoms with Crippen molar-refractivity contribution >= 4 is 29.2 Å². The van der Waals surface area contributed by atoms with E-state index in [4.69, 9.17) is 16.0 Å². The molecule has 1 aromatic heterocycles. The van der Waals surface area contributed by atoms with Crippen LogP contribution in [0.15, 0.2) is 34.9 Å². The molecule has 1 heterocycles. The number of carbonyl (C=O) groups excluding carboxylic acids is 2. The van der Waals surface area contributed by atoms with Gasteiger partial charge in [-0.25, -0.2) is 9.78 Å². The zero-order valence-electron chi connectivity index (χ0n) is 14.1. The second-order valence-electron chi connectivity index (χ2n) is 6.67. The van der Waals surface area contributed by atoms with Crippen molar-refractivity contribution in [2.24, 2.45) is 0 Å². The van der Waals surface area contributed by atoms with Gasteiger partial charge in [0.25, 0.3) is 5.91 Å². The average Bonchev–Trinajstić information content (AvgIpc) is 3.53. The summed E-state index contributed by atoms with van der Waals surface area (Å²) in [5.74, 6) is 0.114. The van der Waals surface area contributed by atoms with E-state index in [-0.39, 0.29) is 36.3 Å². The molecule has 0 saturated heterocycles.